The molecule has 0 spiro atoms. The van der Waals surface area contributed by atoms with Crippen molar-refractivity contribution in [2.45, 2.75) is 25.5 Å². The van der Waals surface area contributed by atoms with Gasteiger partial charge in [0.1, 0.15) is 6.10 Å². The second kappa shape index (κ2) is 2.08. The van der Waals surface area contributed by atoms with Gasteiger partial charge < -0.3 is 10.8 Å². The van der Waals surface area contributed by atoms with E-state index in [0.717, 1.165) is 6.42 Å². The maximum Gasteiger partial charge on any atom is 0.158 e. The fourth-order valence-electron chi connectivity index (χ4n) is 0.900. The van der Waals surface area contributed by atoms with E-state index in [9.17, 15) is 4.79 Å². The van der Waals surface area contributed by atoms with Gasteiger partial charge in [-0.3, -0.25) is 4.79 Å². The summed E-state index contributed by atoms with van der Waals surface area (Å²) in [4.78, 5) is 10.5. The second-order valence-electron chi connectivity index (χ2n) is 2.62. The zero-order valence-electron chi connectivity index (χ0n) is 5.37. The number of ketones is 1. The summed E-state index contributed by atoms with van der Waals surface area (Å²) in [6.07, 6.45) is -0.0131. The van der Waals surface area contributed by atoms with E-state index in [1.165, 1.54) is 6.92 Å². The highest BCUT2D eigenvalue weighted by atomic mass is 16.3. The summed E-state index contributed by atoms with van der Waals surface area (Å²) in [6.45, 7) is 1.38. The summed E-state index contributed by atoms with van der Waals surface area (Å²) in [7, 11) is 0. The molecular formula is C6H11NO2. The molecule has 0 heterocycles. The first kappa shape index (κ1) is 6.71. The van der Waals surface area contributed by atoms with Gasteiger partial charge in [-0.15, -0.1) is 0 Å². The van der Waals surface area contributed by atoms with E-state index >= 15 is 0 Å². The number of aliphatic hydroxyl groups is 1. The molecule has 3 heteroatoms. The van der Waals surface area contributed by atoms with Crippen LogP contribution in [0, 0.1) is 5.92 Å². The highest BCUT2D eigenvalue weighted by Gasteiger charge is 2.41. The van der Waals surface area contributed by atoms with Gasteiger partial charge in [-0.05, 0) is 13.3 Å². The van der Waals surface area contributed by atoms with Crippen LogP contribution in [-0.4, -0.2) is 23.0 Å². The molecular weight excluding hydrogens is 118 g/mol. The molecule has 9 heavy (non-hydrogen) atoms. The Hall–Kier alpha value is -0.410. The third-order valence-electron chi connectivity index (χ3n) is 1.71. The molecule has 0 amide bonds. The predicted octanol–water partition coefficient (Wildman–Crippen LogP) is -0.717. The zero-order chi connectivity index (χ0) is 7.02. The molecule has 0 aromatic rings. The lowest BCUT2D eigenvalue weighted by atomic mass is 10.1. The molecule has 0 radical (unpaired) electrons. The van der Waals surface area contributed by atoms with Crippen LogP contribution in [0.2, 0.25) is 0 Å². The van der Waals surface area contributed by atoms with Gasteiger partial charge in [0.25, 0.3) is 0 Å². The molecule has 1 fully saturated rings. The number of hydrogen-bond acceptors (Lipinski definition) is 3. The van der Waals surface area contributed by atoms with Gasteiger partial charge in [0, 0.05) is 12.0 Å². The average molecular weight is 129 g/mol. The van der Waals surface area contributed by atoms with Crippen LogP contribution >= 0.6 is 0 Å². The minimum atomic E-state index is -0.806. The van der Waals surface area contributed by atoms with Crippen LogP contribution in [0.4, 0.5) is 0 Å². The van der Waals surface area contributed by atoms with Gasteiger partial charge in [-0.25, -0.2) is 0 Å². The summed E-state index contributed by atoms with van der Waals surface area (Å²) in [5.41, 5.74) is 5.39. The van der Waals surface area contributed by atoms with Gasteiger partial charge in [0.15, 0.2) is 5.78 Å². The monoisotopic (exact) mass is 129 g/mol. The normalized spacial score (nSPS) is 35.9. The van der Waals surface area contributed by atoms with E-state index in [1.54, 1.807) is 0 Å². The predicted molar refractivity (Wildman–Crippen MR) is 32.8 cm³/mol. The standard InChI is InChI=1S/C6H11NO2/c1-3(8)6(9)4-2-5(4)7/h4-6,9H,2,7H2,1H3. The van der Waals surface area contributed by atoms with Crippen LogP contribution in [0.15, 0.2) is 0 Å². The first-order chi connectivity index (χ1) is 4.13. The third kappa shape index (κ3) is 1.28. The summed E-state index contributed by atoms with van der Waals surface area (Å²) in [5, 5.41) is 9.01. The van der Waals surface area contributed by atoms with E-state index < -0.39 is 6.10 Å². The lowest BCUT2D eigenvalue weighted by Gasteiger charge is -2.01. The third-order valence-corrected chi connectivity index (χ3v) is 1.71. The van der Waals surface area contributed by atoms with Crippen LogP contribution in [0.25, 0.3) is 0 Å². The number of rotatable bonds is 2. The minimum absolute atomic E-state index is 0.0440. The molecule has 0 aromatic carbocycles. The Morgan fingerprint density at radius 1 is 1.89 bits per heavy atom. The average Bonchev–Trinajstić information content (AvgIpc) is 2.44. The van der Waals surface area contributed by atoms with Gasteiger partial charge in [-0.2, -0.15) is 0 Å². The van der Waals surface area contributed by atoms with Gasteiger partial charge in [0.05, 0.1) is 0 Å². The fraction of sp³-hybridized carbons (Fsp3) is 0.833. The quantitative estimate of drug-likeness (QED) is 0.517. The number of aliphatic hydroxyl groups excluding tert-OH is 1. The smallest absolute Gasteiger partial charge is 0.158 e. The molecule has 52 valence electrons. The Morgan fingerprint density at radius 3 is 2.44 bits per heavy atom. The van der Waals surface area contributed by atoms with Gasteiger partial charge in [0.2, 0.25) is 0 Å². The van der Waals surface area contributed by atoms with Crippen molar-refractivity contribution in [2.75, 3.05) is 0 Å². The highest BCUT2D eigenvalue weighted by Crippen LogP contribution is 2.31. The van der Waals surface area contributed by atoms with Crippen molar-refractivity contribution in [2.24, 2.45) is 11.7 Å². The van der Waals surface area contributed by atoms with Crippen molar-refractivity contribution in [1.82, 2.24) is 0 Å². The molecule has 3 atom stereocenters. The molecule has 3 unspecified atom stereocenters. The summed E-state index contributed by atoms with van der Waals surface area (Å²) in [6, 6.07) is 0.0592. The molecule has 1 saturated carbocycles. The topological polar surface area (TPSA) is 63.3 Å². The Morgan fingerprint density at radius 2 is 2.33 bits per heavy atom. The Kier molecular flexibility index (Phi) is 1.55. The second-order valence-corrected chi connectivity index (χ2v) is 2.62. The Labute approximate surface area is 53.9 Å². The molecule has 1 aliphatic rings. The summed E-state index contributed by atoms with van der Waals surface area (Å²) < 4.78 is 0. The van der Waals surface area contributed by atoms with E-state index in [2.05, 4.69) is 0 Å². The Balaban J connectivity index is 2.36. The van der Waals surface area contributed by atoms with Crippen molar-refractivity contribution >= 4 is 5.78 Å². The van der Waals surface area contributed by atoms with Crippen molar-refractivity contribution < 1.29 is 9.90 Å². The molecule has 0 aliphatic heterocycles. The maximum absolute atomic E-state index is 10.5. The van der Waals surface area contributed by atoms with Crippen LogP contribution in [0.5, 0.6) is 0 Å². The zero-order valence-corrected chi connectivity index (χ0v) is 5.37. The van der Waals surface area contributed by atoms with E-state index in [-0.39, 0.29) is 17.7 Å². The lowest BCUT2D eigenvalue weighted by molar-refractivity contribution is -0.125. The van der Waals surface area contributed by atoms with E-state index in [0.29, 0.717) is 0 Å². The van der Waals surface area contributed by atoms with Crippen molar-refractivity contribution in [3.05, 3.63) is 0 Å². The fourth-order valence-corrected chi connectivity index (χ4v) is 0.900. The van der Waals surface area contributed by atoms with Crippen molar-refractivity contribution in [3.8, 4) is 0 Å². The van der Waals surface area contributed by atoms with Crippen LogP contribution in [0.3, 0.4) is 0 Å². The Bertz CT molecular complexity index is 135. The largest absolute Gasteiger partial charge is 0.385 e. The minimum Gasteiger partial charge on any atom is -0.385 e. The first-order valence-electron chi connectivity index (χ1n) is 3.07. The van der Waals surface area contributed by atoms with E-state index in [4.69, 9.17) is 10.8 Å². The molecule has 3 N–H and O–H groups in total. The SMILES string of the molecule is CC(=O)C(O)C1CC1N. The number of Topliss-reactive ketones (excluding diaryl/α,β-unsaturated/α-hetero) is 1. The lowest BCUT2D eigenvalue weighted by Crippen LogP contribution is -2.23. The number of nitrogens with two attached hydrogens (primary N) is 1. The van der Waals surface area contributed by atoms with E-state index in [1.807, 2.05) is 0 Å². The number of carbonyl (C=O) groups excluding carboxylic acids is 1. The van der Waals surface area contributed by atoms with Crippen LogP contribution in [-0.2, 0) is 4.79 Å². The van der Waals surface area contributed by atoms with Crippen LogP contribution < -0.4 is 5.73 Å². The summed E-state index contributed by atoms with van der Waals surface area (Å²) in [5.74, 6) is -0.129. The molecule has 1 rings (SSSR count). The molecule has 0 saturated heterocycles. The molecule has 0 aromatic heterocycles. The van der Waals surface area contributed by atoms with Gasteiger partial charge >= 0.3 is 0 Å². The number of carbonyl (C=O) groups is 1. The highest BCUT2D eigenvalue weighted by molar-refractivity contribution is 5.81. The van der Waals surface area contributed by atoms with Crippen LogP contribution in [0.1, 0.15) is 13.3 Å². The van der Waals surface area contributed by atoms with Crippen molar-refractivity contribution in [3.63, 3.8) is 0 Å². The molecule has 0 bridgehead atoms. The van der Waals surface area contributed by atoms with Crippen molar-refractivity contribution in [1.29, 1.82) is 0 Å². The molecule has 3 nitrogen and oxygen atoms in total. The summed E-state index contributed by atoms with van der Waals surface area (Å²) >= 11 is 0. The number of hydrogen-bond donors (Lipinski definition) is 2. The maximum atomic E-state index is 10.5. The molecule has 1 aliphatic carbocycles. The first-order valence-corrected chi connectivity index (χ1v) is 3.07. The van der Waals surface area contributed by atoms with Gasteiger partial charge in [-0.1, -0.05) is 0 Å².